The lowest BCUT2D eigenvalue weighted by Gasteiger charge is -2.39. The number of fused-ring (bicyclic) bond motifs is 2. The van der Waals surface area contributed by atoms with Gasteiger partial charge in [0.15, 0.2) is 10.2 Å². The summed E-state index contributed by atoms with van der Waals surface area (Å²) in [7, 11) is -5.30. The third-order valence-corrected chi connectivity index (χ3v) is 17.0. The van der Waals surface area contributed by atoms with Gasteiger partial charge in [0.1, 0.15) is 12.1 Å². The van der Waals surface area contributed by atoms with Crippen LogP contribution >= 0.6 is 31.1 Å². The Morgan fingerprint density at radius 3 is 2.06 bits per heavy atom. The molecule has 0 saturated carbocycles. The molecule has 3 aromatic carbocycles. The largest absolute Gasteiger partial charge is 0.404 e. The lowest BCUT2D eigenvalue weighted by atomic mass is 9.90. The van der Waals surface area contributed by atoms with Crippen LogP contribution in [-0.2, 0) is 38.5 Å². The molecule has 67 heavy (non-hydrogen) atoms. The van der Waals surface area contributed by atoms with Crippen molar-refractivity contribution >= 4 is 69.8 Å². The molecule has 3 heterocycles. The molecule has 3 aliphatic heterocycles. The number of alkyl halides is 2. The van der Waals surface area contributed by atoms with Crippen molar-refractivity contribution in [3.8, 4) is 6.07 Å². The molecule has 362 valence electrons. The Bertz CT molecular complexity index is 2370. The topological polar surface area (TPSA) is 166 Å². The maximum absolute atomic E-state index is 16.6. The number of carbonyl (C=O) groups excluding carboxylic acids is 5. The van der Waals surface area contributed by atoms with Crippen LogP contribution in [0.4, 0.5) is 8.78 Å². The smallest absolute Gasteiger partial charge is 0.339 e. The van der Waals surface area contributed by atoms with Crippen LogP contribution in [0.15, 0.2) is 66.7 Å². The summed E-state index contributed by atoms with van der Waals surface area (Å²) in [5, 5.41) is 13.3. The molecule has 0 spiro atoms. The Morgan fingerprint density at radius 1 is 0.836 bits per heavy atom. The van der Waals surface area contributed by atoms with Crippen LogP contribution in [0.3, 0.4) is 0 Å². The molecule has 3 amide bonds. The highest BCUT2D eigenvalue weighted by atomic mass is 32.2. The zero-order chi connectivity index (χ0) is 48.9. The number of hydrogen-bond acceptors (Lipinski definition) is 12. The highest BCUT2D eigenvalue weighted by molar-refractivity contribution is 8.14. The average molecular weight is 982 g/mol. The maximum Gasteiger partial charge on any atom is 0.404 e. The van der Waals surface area contributed by atoms with E-state index in [1.165, 1.54) is 18.2 Å². The average Bonchev–Trinajstić information content (AvgIpc) is 3.93. The zero-order valence-electron chi connectivity index (χ0n) is 39.3. The number of benzene rings is 3. The van der Waals surface area contributed by atoms with Crippen LogP contribution in [0.25, 0.3) is 10.8 Å². The highest BCUT2D eigenvalue weighted by Gasteiger charge is 2.55. The normalized spacial score (nSPS) is 22.0. The number of carbonyl (C=O) groups is 5. The minimum atomic E-state index is -5.30. The van der Waals surface area contributed by atoms with Crippen molar-refractivity contribution in [3.63, 3.8) is 0 Å². The molecule has 18 heteroatoms. The SMILES string of the molecule is CCN1CC[C@H]2CC[C@@H](C(=O)N3C[C@@H](C#N)[C@H](c4ccccc4)C3)N2C(=O)[C@@H](NC(=O)c2ccc3ccc(C(F)(F)P(=O)(OCCSC(=O)C(C)(C)C)OCCSC(=O)C(C)(C)C)cc3c2)C1. The first-order chi connectivity index (χ1) is 31.6. The Labute approximate surface area is 400 Å². The van der Waals surface area contributed by atoms with E-state index >= 15 is 8.78 Å². The second kappa shape index (κ2) is 21.6. The summed E-state index contributed by atoms with van der Waals surface area (Å²) in [6.07, 6.45) is 1.73. The summed E-state index contributed by atoms with van der Waals surface area (Å²) >= 11 is 1.75. The Balaban J connectivity index is 1.21. The maximum atomic E-state index is 16.6. The van der Waals surface area contributed by atoms with Gasteiger partial charge in [-0.15, -0.1) is 0 Å². The van der Waals surface area contributed by atoms with Gasteiger partial charge in [-0.3, -0.25) is 28.5 Å². The van der Waals surface area contributed by atoms with Crippen LogP contribution in [0.2, 0.25) is 0 Å². The van der Waals surface area contributed by atoms with Gasteiger partial charge in [-0.25, -0.2) is 0 Å². The van der Waals surface area contributed by atoms with E-state index in [2.05, 4.69) is 16.3 Å². The second-order valence-corrected chi connectivity index (χ2v) is 23.7. The third-order valence-electron chi connectivity index (χ3n) is 12.5. The fraction of sp³-hybridized carbons (Fsp3) is 0.551. The van der Waals surface area contributed by atoms with Gasteiger partial charge in [0, 0.05) is 71.6 Å². The van der Waals surface area contributed by atoms with Crippen LogP contribution in [0.5, 0.6) is 0 Å². The van der Waals surface area contributed by atoms with Crippen molar-refractivity contribution in [2.24, 2.45) is 16.7 Å². The van der Waals surface area contributed by atoms with Crippen molar-refractivity contribution < 1.29 is 46.4 Å². The van der Waals surface area contributed by atoms with Crippen molar-refractivity contribution in [3.05, 3.63) is 83.4 Å². The van der Waals surface area contributed by atoms with E-state index in [9.17, 15) is 33.8 Å². The molecule has 13 nitrogen and oxygen atoms in total. The number of nitrogens with one attached hydrogen (secondary N) is 1. The predicted octanol–water partition coefficient (Wildman–Crippen LogP) is 8.68. The van der Waals surface area contributed by atoms with E-state index < -0.39 is 66.8 Å². The third kappa shape index (κ3) is 12.2. The second-order valence-electron chi connectivity index (χ2n) is 19.5. The minimum absolute atomic E-state index is 0.0573. The van der Waals surface area contributed by atoms with Crippen molar-refractivity contribution in [2.45, 2.75) is 97.4 Å². The lowest BCUT2D eigenvalue weighted by molar-refractivity contribution is -0.147. The van der Waals surface area contributed by atoms with Gasteiger partial charge in [0.05, 0.1) is 25.2 Å². The molecular formula is C49H62F2N5O8PS2. The van der Waals surface area contributed by atoms with E-state index in [0.717, 1.165) is 41.2 Å². The highest BCUT2D eigenvalue weighted by Crippen LogP contribution is 2.67. The van der Waals surface area contributed by atoms with Gasteiger partial charge >= 0.3 is 13.3 Å². The first-order valence-corrected chi connectivity index (χ1v) is 26.3. The Hall–Kier alpha value is -4.17. The summed E-state index contributed by atoms with van der Waals surface area (Å²) in [6, 6.07) is 18.2. The van der Waals surface area contributed by atoms with E-state index in [0.29, 0.717) is 44.3 Å². The first-order valence-electron chi connectivity index (χ1n) is 22.8. The van der Waals surface area contributed by atoms with Gasteiger partial charge in [-0.1, -0.05) is 121 Å². The summed E-state index contributed by atoms with van der Waals surface area (Å²) in [4.78, 5) is 73.5. The van der Waals surface area contributed by atoms with Gasteiger partial charge in [-0.2, -0.15) is 14.0 Å². The predicted molar refractivity (Wildman–Crippen MR) is 258 cm³/mol. The molecule has 0 bridgehead atoms. The number of rotatable bonds is 15. The van der Waals surface area contributed by atoms with Crippen molar-refractivity contribution in [1.82, 2.24) is 20.0 Å². The molecule has 5 atom stereocenters. The van der Waals surface area contributed by atoms with Crippen molar-refractivity contribution in [2.75, 3.05) is 57.4 Å². The number of hydrogen-bond donors (Lipinski definition) is 1. The van der Waals surface area contributed by atoms with E-state index in [4.69, 9.17) is 9.05 Å². The number of nitrogens with zero attached hydrogens (tertiary/aromatic N) is 4. The fourth-order valence-corrected chi connectivity index (χ4v) is 12.0. The number of likely N-dealkylation sites (tertiary alicyclic amines) is 1. The van der Waals surface area contributed by atoms with E-state index in [1.807, 2.05) is 37.3 Å². The molecule has 0 radical (unpaired) electrons. The first kappa shape index (κ1) is 52.2. The molecule has 1 N–H and O–H groups in total. The van der Waals surface area contributed by atoms with Gasteiger partial charge in [0.2, 0.25) is 11.8 Å². The number of amides is 3. The zero-order valence-corrected chi connectivity index (χ0v) is 41.8. The quantitative estimate of drug-likeness (QED) is 0.114. The number of halogens is 2. The molecule has 6 rings (SSSR count). The van der Waals surface area contributed by atoms with Crippen LogP contribution in [0.1, 0.15) is 95.1 Å². The monoisotopic (exact) mass is 981 g/mol. The van der Waals surface area contributed by atoms with Crippen LogP contribution < -0.4 is 5.32 Å². The van der Waals surface area contributed by atoms with Crippen molar-refractivity contribution in [1.29, 1.82) is 5.26 Å². The summed E-state index contributed by atoms with van der Waals surface area (Å²) in [6.45, 7) is 13.4. The molecule has 0 unspecified atom stereocenters. The molecule has 3 fully saturated rings. The summed E-state index contributed by atoms with van der Waals surface area (Å²) in [5.41, 5.74) is -5.22. The summed E-state index contributed by atoms with van der Waals surface area (Å²) in [5.74, 6) is -1.89. The molecule has 0 aromatic heterocycles. The number of thioether (sulfide) groups is 2. The molecule has 3 aliphatic rings. The van der Waals surface area contributed by atoms with Gasteiger partial charge in [-0.05, 0) is 60.3 Å². The van der Waals surface area contributed by atoms with Gasteiger partial charge < -0.3 is 29.1 Å². The minimum Gasteiger partial charge on any atom is -0.339 e. The Kier molecular flexibility index (Phi) is 16.9. The van der Waals surface area contributed by atoms with Gasteiger partial charge in [0.25, 0.3) is 5.91 Å². The number of nitriles is 1. The molecular weight excluding hydrogens is 920 g/mol. The molecule has 0 aliphatic carbocycles. The van der Waals surface area contributed by atoms with E-state index in [1.54, 1.807) is 57.4 Å². The molecule has 3 saturated heterocycles. The fourth-order valence-electron chi connectivity index (χ4n) is 8.63. The van der Waals surface area contributed by atoms with Crippen LogP contribution in [0, 0.1) is 28.1 Å². The van der Waals surface area contributed by atoms with Crippen LogP contribution in [-0.4, -0.2) is 118 Å². The standard InChI is InChI=1S/C49H62F2N5O8PS2/c1-8-54-21-20-38-18-19-41(44(59)55-29-36(28-52)39(30-55)33-12-10-9-11-13-33)56(38)43(58)40(31-54)53-42(57)34-15-14-32-16-17-37(27-35(32)26-34)49(50,51)65(62,63-22-24-66-45(60)47(2,3)4)64-23-25-67-46(61)48(5,6)7/h9-17,26-27,36,38-41H,8,18-25,29-31H2,1-7H3,(H,53,57)/t36-,38-,39+,40+,41+/m1/s1. The molecule has 3 aromatic rings. The Morgan fingerprint density at radius 2 is 1.46 bits per heavy atom. The summed E-state index contributed by atoms with van der Waals surface area (Å²) < 4.78 is 58.2. The number of likely N-dealkylation sites (N-methyl/N-ethyl adjacent to an activating group) is 1. The lowest BCUT2D eigenvalue weighted by Crippen LogP contribution is -2.60. The van der Waals surface area contributed by atoms with E-state index in [-0.39, 0.29) is 69.5 Å².